The minimum absolute atomic E-state index is 1.12. The van der Waals surface area contributed by atoms with Crippen molar-refractivity contribution >= 4 is 108 Å². The lowest BCUT2D eigenvalue weighted by atomic mass is 10.0. The zero-order valence-electron chi connectivity index (χ0n) is 21.6. The van der Waals surface area contributed by atoms with Crippen LogP contribution in [-0.4, -0.2) is 0 Å². The molecule has 0 unspecified atom stereocenters. The molecule has 3 heterocycles. The molecule has 0 saturated heterocycles. The third-order valence-corrected chi connectivity index (χ3v) is 11.8. The quantitative estimate of drug-likeness (QED) is 0.206. The molecule has 1 nitrogen and oxygen atoms in total. The van der Waals surface area contributed by atoms with Gasteiger partial charge < -0.3 is 4.90 Å². The minimum atomic E-state index is 1.12. The number of allylic oxidation sites excluding steroid dienone is 1. The van der Waals surface area contributed by atoms with Crippen LogP contribution in [0.4, 0.5) is 17.1 Å². The zero-order chi connectivity index (χ0) is 26.2. The highest BCUT2D eigenvalue weighted by molar-refractivity contribution is 7.27. The Hall–Kier alpha value is -3.96. The van der Waals surface area contributed by atoms with Gasteiger partial charge in [0.15, 0.2) is 0 Å². The topological polar surface area (TPSA) is 3.24 Å². The normalized spacial score (nSPS) is 13.2. The number of benzene rings is 5. The van der Waals surface area contributed by atoms with E-state index in [1.54, 1.807) is 0 Å². The molecule has 8 aromatic rings. The van der Waals surface area contributed by atoms with Crippen LogP contribution in [0.5, 0.6) is 0 Å². The summed E-state index contributed by atoms with van der Waals surface area (Å²) in [6.07, 6.45) is 6.89. The molecule has 0 N–H and O–H groups in total. The maximum absolute atomic E-state index is 2.56. The van der Waals surface area contributed by atoms with Gasteiger partial charge in [0.1, 0.15) is 0 Å². The monoisotopic (exact) mass is 565 g/mol. The van der Waals surface area contributed by atoms with Crippen LogP contribution < -0.4 is 4.90 Å². The van der Waals surface area contributed by atoms with Gasteiger partial charge in [-0.1, -0.05) is 78.9 Å². The van der Waals surface area contributed by atoms with Crippen LogP contribution in [0, 0.1) is 0 Å². The van der Waals surface area contributed by atoms with Gasteiger partial charge in [-0.25, -0.2) is 0 Å². The van der Waals surface area contributed by atoms with Crippen LogP contribution in [0.3, 0.4) is 0 Å². The Balaban J connectivity index is 1.41. The van der Waals surface area contributed by atoms with Crippen molar-refractivity contribution in [2.45, 2.75) is 12.8 Å². The lowest BCUT2D eigenvalue weighted by Crippen LogP contribution is -2.10. The van der Waals surface area contributed by atoms with Gasteiger partial charge in [0, 0.05) is 35.8 Å². The van der Waals surface area contributed by atoms with Crippen LogP contribution in [0.1, 0.15) is 16.9 Å². The summed E-state index contributed by atoms with van der Waals surface area (Å²) in [6.45, 7) is 0. The number of hydrogen-bond acceptors (Lipinski definition) is 4. The first-order chi connectivity index (χ1) is 19.8. The van der Waals surface area contributed by atoms with Crippen molar-refractivity contribution in [1.29, 1.82) is 0 Å². The Bertz CT molecular complexity index is 2180. The highest BCUT2D eigenvalue weighted by Crippen LogP contribution is 2.51. The van der Waals surface area contributed by atoms with Crippen molar-refractivity contribution in [2.24, 2.45) is 0 Å². The van der Waals surface area contributed by atoms with E-state index in [4.69, 9.17) is 0 Å². The van der Waals surface area contributed by atoms with E-state index in [2.05, 4.69) is 120 Å². The van der Waals surface area contributed by atoms with Gasteiger partial charge >= 0.3 is 0 Å². The van der Waals surface area contributed by atoms with E-state index in [9.17, 15) is 0 Å². The molecular weight excluding hydrogens is 543 g/mol. The van der Waals surface area contributed by atoms with Crippen molar-refractivity contribution in [1.82, 2.24) is 0 Å². The van der Waals surface area contributed by atoms with Crippen molar-refractivity contribution in [2.75, 3.05) is 4.90 Å². The number of hydrogen-bond donors (Lipinski definition) is 0. The van der Waals surface area contributed by atoms with Crippen molar-refractivity contribution in [3.63, 3.8) is 0 Å². The fraction of sp³-hybridized carbons (Fsp3) is 0.0556. The van der Waals surface area contributed by atoms with Crippen LogP contribution >= 0.6 is 34.0 Å². The largest absolute Gasteiger partial charge is 0.306 e. The Kier molecular flexibility index (Phi) is 5.00. The molecule has 0 atom stereocenters. The summed E-state index contributed by atoms with van der Waals surface area (Å²) in [4.78, 5) is 3.97. The van der Waals surface area contributed by atoms with Crippen molar-refractivity contribution < 1.29 is 0 Å². The molecule has 0 spiro atoms. The minimum Gasteiger partial charge on any atom is -0.306 e. The summed E-state index contributed by atoms with van der Waals surface area (Å²) >= 11 is 5.75. The van der Waals surface area contributed by atoms with Crippen LogP contribution in [-0.2, 0) is 6.42 Å². The molecule has 3 aromatic heterocycles. The molecule has 1 aliphatic rings. The number of thiophene rings is 3. The van der Waals surface area contributed by atoms with Crippen LogP contribution in [0.15, 0.2) is 109 Å². The number of aryl methyl sites for hydroxylation is 1. The second kappa shape index (κ2) is 8.77. The average molecular weight is 566 g/mol. The molecule has 4 heteroatoms. The predicted molar refractivity (Wildman–Crippen MR) is 180 cm³/mol. The highest BCUT2D eigenvalue weighted by atomic mass is 32.1. The Labute approximate surface area is 243 Å². The third kappa shape index (κ3) is 3.24. The molecule has 0 radical (unpaired) electrons. The van der Waals surface area contributed by atoms with Gasteiger partial charge in [0.25, 0.3) is 0 Å². The third-order valence-electron chi connectivity index (χ3n) is 8.15. The first-order valence-electron chi connectivity index (χ1n) is 13.7. The standard InChI is InChI=1S/C36H23NS3/c1-4-19-31-22(10-1)25-13-7-16-28(34(25)38-31)37(29-17-8-14-26-23-11-2-5-20-32(23)39-35(26)29)30-18-9-15-27-24-12-3-6-21-33(24)40-36(27)30/h1-2,4-11,13-21H,3,12H2. The van der Waals surface area contributed by atoms with E-state index in [0.717, 1.165) is 12.8 Å². The molecule has 0 fully saturated rings. The molecule has 0 saturated carbocycles. The molecule has 0 bridgehead atoms. The first-order valence-corrected chi connectivity index (χ1v) is 16.1. The maximum atomic E-state index is 2.56. The number of nitrogens with zero attached hydrogens (tertiary/aromatic N) is 1. The van der Waals surface area contributed by atoms with Gasteiger partial charge in [-0.05, 0) is 60.2 Å². The molecule has 1 aliphatic carbocycles. The molecular formula is C36H23NS3. The molecule has 190 valence electrons. The van der Waals surface area contributed by atoms with Gasteiger partial charge in [-0.15, -0.1) is 34.0 Å². The Morgan fingerprint density at radius 3 is 1.57 bits per heavy atom. The number of fused-ring (bicyclic) bond motifs is 9. The summed E-state index contributed by atoms with van der Waals surface area (Å²) in [5, 5.41) is 6.72. The van der Waals surface area contributed by atoms with Crippen LogP contribution in [0.2, 0.25) is 0 Å². The van der Waals surface area contributed by atoms with Crippen LogP contribution in [0.25, 0.3) is 56.5 Å². The Morgan fingerprint density at radius 1 is 0.475 bits per heavy atom. The Morgan fingerprint density at radius 2 is 0.975 bits per heavy atom. The fourth-order valence-corrected chi connectivity index (χ4v) is 10.1. The summed E-state index contributed by atoms with van der Waals surface area (Å²) in [7, 11) is 0. The average Bonchev–Trinajstić information content (AvgIpc) is 3.70. The van der Waals surface area contributed by atoms with Gasteiger partial charge in [-0.3, -0.25) is 0 Å². The maximum Gasteiger partial charge on any atom is 0.0641 e. The summed E-state index contributed by atoms with van der Waals surface area (Å²) in [5.41, 5.74) is 5.26. The molecule has 0 aliphatic heterocycles. The predicted octanol–water partition coefficient (Wildman–Crippen LogP) is 12.1. The van der Waals surface area contributed by atoms with Gasteiger partial charge in [-0.2, -0.15) is 0 Å². The molecule has 9 rings (SSSR count). The van der Waals surface area contributed by atoms with E-state index < -0.39 is 0 Å². The van der Waals surface area contributed by atoms with E-state index >= 15 is 0 Å². The second-order valence-electron chi connectivity index (χ2n) is 10.4. The molecule has 5 aromatic carbocycles. The van der Waals surface area contributed by atoms with Gasteiger partial charge in [0.05, 0.1) is 31.2 Å². The number of rotatable bonds is 3. The SMILES string of the molecule is C1=Cc2sc3c(N(c4cccc5c4sc4ccccc45)c4cccc5c4sc4ccccc45)cccc3c2CC1. The highest BCUT2D eigenvalue weighted by Gasteiger charge is 2.24. The lowest BCUT2D eigenvalue weighted by Gasteiger charge is -2.27. The van der Waals surface area contributed by atoms with Gasteiger partial charge in [0.2, 0.25) is 0 Å². The van der Waals surface area contributed by atoms with Crippen molar-refractivity contribution in [3.05, 3.63) is 120 Å². The molecule has 40 heavy (non-hydrogen) atoms. The lowest BCUT2D eigenvalue weighted by molar-refractivity contribution is 1.01. The summed E-state index contributed by atoms with van der Waals surface area (Å²) < 4.78 is 6.70. The first kappa shape index (κ1) is 22.8. The van der Waals surface area contributed by atoms with E-state index in [1.165, 1.54) is 77.9 Å². The second-order valence-corrected chi connectivity index (χ2v) is 13.5. The summed E-state index contributed by atoms with van der Waals surface area (Å²) in [5.74, 6) is 0. The van der Waals surface area contributed by atoms with E-state index in [0.29, 0.717) is 0 Å². The zero-order valence-corrected chi connectivity index (χ0v) is 24.0. The van der Waals surface area contributed by atoms with E-state index in [1.807, 2.05) is 34.0 Å². The summed E-state index contributed by atoms with van der Waals surface area (Å²) in [6, 6.07) is 38.2. The molecule has 0 amide bonds. The van der Waals surface area contributed by atoms with E-state index in [-0.39, 0.29) is 0 Å². The van der Waals surface area contributed by atoms with Crippen molar-refractivity contribution in [3.8, 4) is 0 Å². The smallest absolute Gasteiger partial charge is 0.0641 e. The number of anilines is 3. The fourth-order valence-electron chi connectivity index (χ4n) is 6.37.